The van der Waals surface area contributed by atoms with E-state index in [-0.39, 0.29) is 6.04 Å². The summed E-state index contributed by atoms with van der Waals surface area (Å²) in [4.78, 5) is 0. The van der Waals surface area contributed by atoms with Crippen molar-refractivity contribution in [2.45, 2.75) is 32.7 Å². The Morgan fingerprint density at radius 2 is 2.24 bits per heavy atom. The molecule has 0 aliphatic carbocycles. The lowest BCUT2D eigenvalue weighted by molar-refractivity contribution is 0.340. The average Bonchev–Trinajstić information content (AvgIpc) is 2.28. The van der Waals surface area contributed by atoms with E-state index in [1.54, 1.807) is 0 Å². The van der Waals surface area contributed by atoms with Gasteiger partial charge in [0.2, 0.25) is 0 Å². The monoisotopic (exact) mass is 256 g/mol. The Hall–Kier alpha value is -0.930. The lowest BCUT2D eigenvalue weighted by Gasteiger charge is -2.10. The molecule has 1 aromatic rings. The molecular formula is C13H21ClN2O. The van der Waals surface area contributed by atoms with E-state index in [4.69, 9.17) is 22.1 Å². The highest BCUT2D eigenvalue weighted by molar-refractivity contribution is 6.32. The Morgan fingerprint density at radius 3 is 2.82 bits per heavy atom. The van der Waals surface area contributed by atoms with Crippen molar-refractivity contribution in [3.05, 3.63) is 23.2 Å². The molecule has 0 saturated carbocycles. The molecule has 0 bridgehead atoms. The van der Waals surface area contributed by atoms with Crippen molar-refractivity contribution >= 4 is 17.3 Å². The molecule has 1 rings (SSSR count). The maximum atomic E-state index is 6.09. The van der Waals surface area contributed by atoms with E-state index < -0.39 is 0 Å². The van der Waals surface area contributed by atoms with Crippen LogP contribution >= 0.6 is 11.6 Å². The van der Waals surface area contributed by atoms with Crippen LogP contribution in [-0.4, -0.2) is 19.2 Å². The first-order valence-electron chi connectivity index (χ1n) is 6.05. The van der Waals surface area contributed by atoms with Crippen molar-refractivity contribution in [2.24, 2.45) is 5.73 Å². The van der Waals surface area contributed by atoms with Gasteiger partial charge in [0.15, 0.2) is 0 Å². The molecule has 0 heterocycles. The summed E-state index contributed by atoms with van der Waals surface area (Å²) in [5, 5.41) is 3.96. The Labute approximate surface area is 108 Å². The summed E-state index contributed by atoms with van der Waals surface area (Å²) < 4.78 is 5.37. The maximum absolute atomic E-state index is 6.09. The van der Waals surface area contributed by atoms with Gasteiger partial charge in [0.25, 0.3) is 0 Å². The lowest BCUT2D eigenvalue weighted by atomic mass is 10.2. The first-order chi connectivity index (χ1) is 8.13. The summed E-state index contributed by atoms with van der Waals surface area (Å²) in [6.07, 6.45) is 2.08. The van der Waals surface area contributed by atoms with Gasteiger partial charge >= 0.3 is 0 Å². The van der Waals surface area contributed by atoms with Crippen LogP contribution in [0.15, 0.2) is 18.2 Å². The molecule has 0 saturated heterocycles. The van der Waals surface area contributed by atoms with E-state index >= 15 is 0 Å². The first-order valence-corrected chi connectivity index (χ1v) is 6.43. The lowest BCUT2D eigenvalue weighted by Crippen LogP contribution is -2.16. The van der Waals surface area contributed by atoms with E-state index in [0.717, 1.165) is 30.8 Å². The first kappa shape index (κ1) is 14.1. The van der Waals surface area contributed by atoms with Crippen LogP contribution in [-0.2, 0) is 0 Å². The molecule has 0 fully saturated rings. The van der Waals surface area contributed by atoms with Gasteiger partial charge in [-0.05, 0) is 44.9 Å². The molecular weight excluding hydrogens is 236 g/mol. The number of halogens is 1. The quantitative estimate of drug-likeness (QED) is 0.736. The fraction of sp³-hybridized carbons (Fsp3) is 0.538. The normalized spacial score (nSPS) is 12.2. The van der Waals surface area contributed by atoms with Gasteiger partial charge in [-0.1, -0.05) is 11.6 Å². The average molecular weight is 257 g/mol. The molecule has 1 aromatic carbocycles. The number of nitrogens with two attached hydrogens (primary N) is 1. The molecule has 17 heavy (non-hydrogen) atoms. The highest BCUT2D eigenvalue weighted by atomic mass is 35.5. The number of anilines is 1. The van der Waals surface area contributed by atoms with Gasteiger partial charge < -0.3 is 15.8 Å². The molecule has 0 radical (unpaired) electrons. The van der Waals surface area contributed by atoms with Crippen LogP contribution in [0.5, 0.6) is 5.75 Å². The molecule has 3 nitrogen and oxygen atoms in total. The van der Waals surface area contributed by atoms with Crippen molar-refractivity contribution in [1.29, 1.82) is 0 Å². The summed E-state index contributed by atoms with van der Waals surface area (Å²) in [6.45, 7) is 5.50. The van der Waals surface area contributed by atoms with Gasteiger partial charge in [0, 0.05) is 18.3 Å². The molecule has 96 valence electrons. The summed E-state index contributed by atoms with van der Waals surface area (Å²) >= 11 is 6.09. The topological polar surface area (TPSA) is 47.3 Å². The molecule has 0 aromatic heterocycles. The van der Waals surface area contributed by atoms with Crippen LogP contribution < -0.4 is 15.8 Å². The second-order valence-corrected chi connectivity index (χ2v) is 4.53. The van der Waals surface area contributed by atoms with Crippen LogP contribution in [0.3, 0.4) is 0 Å². The van der Waals surface area contributed by atoms with Gasteiger partial charge in [-0.25, -0.2) is 0 Å². The molecule has 1 atom stereocenters. The van der Waals surface area contributed by atoms with Crippen molar-refractivity contribution in [2.75, 3.05) is 18.5 Å². The standard InChI is InChI=1S/C13H21ClN2O/c1-3-17-13-7-6-11(9-12(13)14)16-8-4-5-10(2)15/h6-7,9-10,16H,3-5,8,15H2,1-2H3. The minimum absolute atomic E-state index is 0.265. The predicted molar refractivity (Wildman–Crippen MR) is 74.0 cm³/mol. The summed E-state index contributed by atoms with van der Waals surface area (Å²) in [5.74, 6) is 0.732. The van der Waals surface area contributed by atoms with Crippen LogP contribution in [0, 0.1) is 0 Å². The number of benzene rings is 1. The molecule has 0 amide bonds. The van der Waals surface area contributed by atoms with Crippen molar-refractivity contribution < 1.29 is 4.74 Å². The van der Waals surface area contributed by atoms with E-state index in [9.17, 15) is 0 Å². The van der Waals surface area contributed by atoms with Gasteiger partial charge in [-0.15, -0.1) is 0 Å². The highest BCUT2D eigenvalue weighted by Crippen LogP contribution is 2.27. The van der Waals surface area contributed by atoms with Crippen molar-refractivity contribution in [1.82, 2.24) is 0 Å². The van der Waals surface area contributed by atoms with Gasteiger partial charge in [0.1, 0.15) is 5.75 Å². The van der Waals surface area contributed by atoms with E-state index in [1.807, 2.05) is 32.0 Å². The third-order valence-electron chi connectivity index (χ3n) is 2.40. The van der Waals surface area contributed by atoms with Gasteiger partial charge in [-0.2, -0.15) is 0 Å². The van der Waals surface area contributed by atoms with Gasteiger partial charge in [0.05, 0.1) is 11.6 Å². The van der Waals surface area contributed by atoms with E-state index in [0.29, 0.717) is 11.6 Å². The van der Waals surface area contributed by atoms with Crippen molar-refractivity contribution in [3.63, 3.8) is 0 Å². The van der Waals surface area contributed by atoms with Crippen LogP contribution in [0.4, 0.5) is 5.69 Å². The minimum atomic E-state index is 0.265. The SMILES string of the molecule is CCOc1ccc(NCCCC(C)N)cc1Cl. The zero-order valence-electron chi connectivity index (χ0n) is 10.5. The number of ether oxygens (including phenoxy) is 1. The predicted octanol–water partition coefficient (Wildman–Crippen LogP) is 3.28. The number of nitrogens with one attached hydrogen (secondary N) is 1. The molecule has 0 spiro atoms. The maximum Gasteiger partial charge on any atom is 0.138 e. The van der Waals surface area contributed by atoms with Crippen molar-refractivity contribution in [3.8, 4) is 5.75 Å². The second kappa shape index (κ2) is 7.41. The minimum Gasteiger partial charge on any atom is -0.492 e. The molecule has 4 heteroatoms. The van der Waals surface area contributed by atoms with E-state index in [2.05, 4.69) is 5.32 Å². The zero-order chi connectivity index (χ0) is 12.7. The largest absolute Gasteiger partial charge is 0.492 e. The molecule has 0 aliphatic rings. The van der Waals surface area contributed by atoms with E-state index in [1.165, 1.54) is 0 Å². The molecule has 3 N–H and O–H groups in total. The Bertz CT molecular complexity index is 342. The molecule has 1 unspecified atom stereocenters. The summed E-state index contributed by atoms with van der Waals surface area (Å²) in [5.41, 5.74) is 6.70. The molecule has 0 aliphatic heterocycles. The fourth-order valence-electron chi connectivity index (χ4n) is 1.54. The van der Waals surface area contributed by atoms with Crippen LogP contribution in [0.2, 0.25) is 5.02 Å². The summed E-state index contributed by atoms with van der Waals surface area (Å²) in [6, 6.07) is 6.02. The van der Waals surface area contributed by atoms with Gasteiger partial charge in [-0.3, -0.25) is 0 Å². The second-order valence-electron chi connectivity index (χ2n) is 4.12. The number of hydrogen-bond acceptors (Lipinski definition) is 3. The van der Waals surface area contributed by atoms with Crippen LogP contribution in [0.25, 0.3) is 0 Å². The zero-order valence-corrected chi connectivity index (χ0v) is 11.3. The number of hydrogen-bond donors (Lipinski definition) is 2. The number of rotatable bonds is 7. The third-order valence-corrected chi connectivity index (χ3v) is 2.69. The van der Waals surface area contributed by atoms with Crippen LogP contribution in [0.1, 0.15) is 26.7 Å². The smallest absolute Gasteiger partial charge is 0.138 e. The highest BCUT2D eigenvalue weighted by Gasteiger charge is 2.02. The summed E-state index contributed by atoms with van der Waals surface area (Å²) in [7, 11) is 0. The third kappa shape index (κ3) is 5.29. The Kier molecular flexibility index (Phi) is 6.16. The Balaban J connectivity index is 2.41. The fourth-order valence-corrected chi connectivity index (χ4v) is 1.78. The Morgan fingerprint density at radius 1 is 1.47 bits per heavy atom.